The monoisotopic (exact) mass is 321 g/mol. The summed E-state index contributed by atoms with van der Waals surface area (Å²) in [6.45, 7) is 4.22. The van der Waals surface area contributed by atoms with Crippen molar-refractivity contribution in [2.75, 3.05) is 5.32 Å². The molecule has 1 N–H and O–H groups in total. The lowest BCUT2D eigenvalue weighted by molar-refractivity contribution is 0.102. The molecule has 5 heteroatoms. The molecule has 0 saturated carbocycles. The SMILES string of the molecule is CC(C)c1ccc(NC(=O)c2cc3cccnc3n(C)c2=O)cc1. The predicted octanol–water partition coefficient (Wildman–Crippen LogP) is 3.31. The molecule has 0 spiro atoms. The fraction of sp³-hybridized carbons (Fsp3) is 0.211. The van der Waals surface area contributed by atoms with E-state index in [-0.39, 0.29) is 11.1 Å². The van der Waals surface area contributed by atoms with Gasteiger partial charge in [-0.3, -0.25) is 14.2 Å². The highest BCUT2D eigenvalue weighted by Gasteiger charge is 2.15. The first-order valence-corrected chi connectivity index (χ1v) is 7.83. The number of hydrogen-bond donors (Lipinski definition) is 1. The maximum atomic E-state index is 12.5. The summed E-state index contributed by atoms with van der Waals surface area (Å²) >= 11 is 0. The summed E-state index contributed by atoms with van der Waals surface area (Å²) in [6.07, 6.45) is 1.62. The molecular weight excluding hydrogens is 302 g/mol. The second kappa shape index (κ2) is 6.28. The predicted molar refractivity (Wildman–Crippen MR) is 95.5 cm³/mol. The summed E-state index contributed by atoms with van der Waals surface area (Å²) in [7, 11) is 1.62. The van der Waals surface area contributed by atoms with Crippen LogP contribution < -0.4 is 10.9 Å². The van der Waals surface area contributed by atoms with E-state index >= 15 is 0 Å². The third-order valence-electron chi connectivity index (χ3n) is 4.05. The molecule has 0 radical (unpaired) electrons. The molecule has 0 aliphatic rings. The number of nitrogens with one attached hydrogen (secondary N) is 1. The summed E-state index contributed by atoms with van der Waals surface area (Å²) in [4.78, 5) is 29.1. The van der Waals surface area contributed by atoms with E-state index in [1.165, 1.54) is 10.1 Å². The van der Waals surface area contributed by atoms with Crippen LogP contribution in [0.25, 0.3) is 11.0 Å². The minimum atomic E-state index is -0.418. The normalized spacial score (nSPS) is 11.0. The number of hydrogen-bond acceptors (Lipinski definition) is 3. The Bertz CT molecular complexity index is 957. The molecule has 0 unspecified atom stereocenters. The molecule has 24 heavy (non-hydrogen) atoms. The van der Waals surface area contributed by atoms with Gasteiger partial charge in [-0.15, -0.1) is 0 Å². The number of nitrogens with zero attached hydrogens (tertiary/aromatic N) is 2. The first-order valence-electron chi connectivity index (χ1n) is 7.83. The van der Waals surface area contributed by atoms with Gasteiger partial charge in [-0.25, -0.2) is 4.98 Å². The van der Waals surface area contributed by atoms with Gasteiger partial charge >= 0.3 is 0 Å². The Kier molecular flexibility index (Phi) is 4.16. The first-order chi connectivity index (χ1) is 11.5. The van der Waals surface area contributed by atoms with Crippen LogP contribution in [0, 0.1) is 0 Å². The minimum absolute atomic E-state index is 0.103. The Morgan fingerprint density at radius 3 is 2.54 bits per heavy atom. The van der Waals surface area contributed by atoms with E-state index in [0.29, 0.717) is 17.3 Å². The van der Waals surface area contributed by atoms with Crippen molar-refractivity contribution >= 4 is 22.6 Å². The molecule has 0 bridgehead atoms. The van der Waals surface area contributed by atoms with Gasteiger partial charge < -0.3 is 5.32 Å². The molecule has 0 aliphatic carbocycles. The lowest BCUT2D eigenvalue weighted by Crippen LogP contribution is -2.28. The molecule has 3 rings (SSSR count). The molecular formula is C19H19N3O2. The average molecular weight is 321 g/mol. The molecule has 1 amide bonds. The van der Waals surface area contributed by atoms with E-state index in [4.69, 9.17) is 0 Å². The standard InChI is InChI=1S/C19H19N3O2/c1-12(2)13-6-8-15(9-7-13)21-18(23)16-11-14-5-4-10-20-17(14)22(3)19(16)24/h4-12H,1-3H3,(H,21,23). The van der Waals surface area contributed by atoms with E-state index < -0.39 is 5.91 Å². The van der Waals surface area contributed by atoms with Crippen molar-refractivity contribution in [1.29, 1.82) is 0 Å². The Labute approximate surface area is 140 Å². The maximum absolute atomic E-state index is 12.5. The van der Waals surface area contributed by atoms with Gasteiger partial charge in [-0.1, -0.05) is 26.0 Å². The van der Waals surface area contributed by atoms with Crippen molar-refractivity contribution in [2.45, 2.75) is 19.8 Å². The van der Waals surface area contributed by atoms with Gasteiger partial charge in [0.2, 0.25) is 0 Å². The zero-order valence-corrected chi connectivity index (χ0v) is 13.9. The van der Waals surface area contributed by atoms with Gasteiger partial charge in [0.1, 0.15) is 11.2 Å². The summed E-state index contributed by atoms with van der Waals surface area (Å²) < 4.78 is 1.39. The second-order valence-electron chi connectivity index (χ2n) is 6.07. The van der Waals surface area contributed by atoms with Crippen LogP contribution in [0.2, 0.25) is 0 Å². The van der Waals surface area contributed by atoms with Gasteiger partial charge in [0.05, 0.1) is 0 Å². The highest BCUT2D eigenvalue weighted by Crippen LogP contribution is 2.18. The van der Waals surface area contributed by atoms with E-state index in [9.17, 15) is 9.59 Å². The molecule has 2 aromatic heterocycles. The number of anilines is 1. The third kappa shape index (κ3) is 2.93. The van der Waals surface area contributed by atoms with Crippen molar-refractivity contribution < 1.29 is 4.79 Å². The van der Waals surface area contributed by atoms with Gasteiger partial charge in [0, 0.05) is 24.3 Å². The number of pyridine rings is 2. The largest absolute Gasteiger partial charge is 0.322 e. The molecule has 0 atom stereocenters. The lowest BCUT2D eigenvalue weighted by Gasteiger charge is -2.10. The topological polar surface area (TPSA) is 64.0 Å². The highest BCUT2D eigenvalue weighted by molar-refractivity contribution is 6.05. The van der Waals surface area contributed by atoms with E-state index in [1.54, 1.807) is 25.4 Å². The van der Waals surface area contributed by atoms with Gasteiger partial charge in [0.25, 0.3) is 11.5 Å². The van der Waals surface area contributed by atoms with Crippen molar-refractivity contribution in [2.24, 2.45) is 7.05 Å². The van der Waals surface area contributed by atoms with Crippen LogP contribution >= 0.6 is 0 Å². The van der Waals surface area contributed by atoms with Crippen LogP contribution in [0.4, 0.5) is 5.69 Å². The van der Waals surface area contributed by atoms with Gasteiger partial charge in [-0.05, 0) is 41.8 Å². The number of carbonyl (C=O) groups is 1. The molecule has 3 aromatic rings. The Morgan fingerprint density at radius 1 is 1.17 bits per heavy atom. The third-order valence-corrected chi connectivity index (χ3v) is 4.05. The fourth-order valence-corrected chi connectivity index (χ4v) is 2.61. The summed E-state index contributed by atoms with van der Waals surface area (Å²) in [6, 6.07) is 12.8. The fourth-order valence-electron chi connectivity index (χ4n) is 2.61. The highest BCUT2D eigenvalue weighted by atomic mass is 16.2. The molecule has 0 fully saturated rings. The number of aromatic nitrogens is 2. The molecule has 2 heterocycles. The Hall–Kier alpha value is -2.95. The second-order valence-corrected chi connectivity index (χ2v) is 6.07. The average Bonchev–Trinajstić information content (AvgIpc) is 2.58. The van der Waals surface area contributed by atoms with Crippen LogP contribution in [0.15, 0.2) is 53.5 Å². The van der Waals surface area contributed by atoms with Crippen LogP contribution in [0.5, 0.6) is 0 Å². The number of amides is 1. The lowest BCUT2D eigenvalue weighted by atomic mass is 10.0. The van der Waals surface area contributed by atoms with E-state index in [2.05, 4.69) is 24.1 Å². The zero-order valence-electron chi connectivity index (χ0n) is 13.9. The molecule has 1 aromatic carbocycles. The van der Waals surface area contributed by atoms with Crippen LogP contribution in [0.1, 0.15) is 35.7 Å². The van der Waals surface area contributed by atoms with Crippen molar-refractivity contribution in [1.82, 2.24) is 9.55 Å². The number of fused-ring (bicyclic) bond motifs is 1. The molecule has 0 saturated heterocycles. The minimum Gasteiger partial charge on any atom is -0.322 e. The van der Waals surface area contributed by atoms with E-state index in [1.807, 2.05) is 30.3 Å². The van der Waals surface area contributed by atoms with Crippen molar-refractivity contribution in [3.05, 3.63) is 70.1 Å². The quantitative estimate of drug-likeness (QED) is 0.805. The summed E-state index contributed by atoms with van der Waals surface area (Å²) in [5.74, 6) is 0.00804. The Balaban J connectivity index is 1.94. The van der Waals surface area contributed by atoms with E-state index in [0.717, 1.165) is 5.39 Å². The number of benzene rings is 1. The molecule has 0 aliphatic heterocycles. The van der Waals surface area contributed by atoms with Crippen LogP contribution in [-0.2, 0) is 7.05 Å². The number of rotatable bonds is 3. The van der Waals surface area contributed by atoms with Gasteiger partial charge in [-0.2, -0.15) is 0 Å². The Morgan fingerprint density at radius 2 is 1.88 bits per heavy atom. The number of aryl methyl sites for hydroxylation is 1. The smallest absolute Gasteiger partial charge is 0.264 e. The first kappa shape index (κ1) is 15.9. The van der Waals surface area contributed by atoms with Crippen LogP contribution in [0.3, 0.4) is 0 Å². The zero-order chi connectivity index (χ0) is 17.3. The summed E-state index contributed by atoms with van der Waals surface area (Å²) in [5.41, 5.74) is 2.15. The molecule has 5 nitrogen and oxygen atoms in total. The number of carbonyl (C=O) groups excluding carboxylic acids is 1. The van der Waals surface area contributed by atoms with Crippen molar-refractivity contribution in [3.63, 3.8) is 0 Å². The summed E-state index contributed by atoms with van der Waals surface area (Å²) in [5, 5.41) is 3.53. The molecule has 122 valence electrons. The van der Waals surface area contributed by atoms with Crippen LogP contribution in [-0.4, -0.2) is 15.5 Å². The maximum Gasteiger partial charge on any atom is 0.264 e. The van der Waals surface area contributed by atoms with Crippen molar-refractivity contribution in [3.8, 4) is 0 Å². The van der Waals surface area contributed by atoms with Gasteiger partial charge in [0.15, 0.2) is 0 Å².